The molecule has 0 aromatic heterocycles. The van der Waals surface area contributed by atoms with Crippen molar-refractivity contribution in [3.8, 4) is 0 Å². The van der Waals surface area contributed by atoms with Gasteiger partial charge in [0.05, 0.1) is 5.02 Å². The predicted molar refractivity (Wildman–Crippen MR) is 80.9 cm³/mol. The molecule has 7 heteroatoms. The van der Waals surface area contributed by atoms with Gasteiger partial charge in [-0.1, -0.05) is 29.8 Å². The van der Waals surface area contributed by atoms with Gasteiger partial charge in [0, 0.05) is 24.8 Å². The summed E-state index contributed by atoms with van der Waals surface area (Å²) in [6.45, 7) is -0.0971. The zero-order valence-electron chi connectivity index (χ0n) is 11.3. The first-order valence-electron chi connectivity index (χ1n) is 6.07. The van der Waals surface area contributed by atoms with Gasteiger partial charge in [-0.05, 0) is 24.3 Å². The van der Waals surface area contributed by atoms with Gasteiger partial charge in [0.2, 0.25) is 10.0 Å². The summed E-state index contributed by atoms with van der Waals surface area (Å²) in [4.78, 5) is -0.0944. The van der Waals surface area contributed by atoms with Crippen molar-refractivity contribution in [3.05, 3.63) is 58.9 Å². The molecule has 112 valence electrons. The summed E-state index contributed by atoms with van der Waals surface area (Å²) >= 11 is 5.92. The zero-order valence-corrected chi connectivity index (χ0v) is 12.8. The topological polar surface area (TPSA) is 63.4 Å². The number of nitrogens with two attached hydrogens (primary N) is 1. The van der Waals surface area contributed by atoms with Gasteiger partial charge in [0.1, 0.15) is 10.7 Å². The molecule has 0 amide bonds. The van der Waals surface area contributed by atoms with Gasteiger partial charge < -0.3 is 5.73 Å². The average Bonchev–Trinajstić information content (AvgIpc) is 2.43. The van der Waals surface area contributed by atoms with Gasteiger partial charge in [-0.2, -0.15) is 4.31 Å². The Hall–Kier alpha value is -1.63. The van der Waals surface area contributed by atoms with Crippen molar-refractivity contribution in [2.45, 2.75) is 11.4 Å². The standard InChI is InChI=1S/C14H14ClFN2O2S/c1-18(9-10-4-2-3-5-13(10)16)21(19,20)14-8-11(17)6-7-12(14)15/h2-8H,9,17H2,1H3. The maximum atomic E-state index is 13.6. The van der Waals surface area contributed by atoms with Crippen LogP contribution in [0.1, 0.15) is 5.56 Å². The highest BCUT2D eigenvalue weighted by molar-refractivity contribution is 7.89. The minimum absolute atomic E-state index is 0.0737. The molecule has 2 rings (SSSR count). The summed E-state index contributed by atoms with van der Waals surface area (Å²) in [7, 11) is -2.49. The second kappa shape index (κ2) is 6.01. The molecular weight excluding hydrogens is 315 g/mol. The Labute approximate surface area is 128 Å². The smallest absolute Gasteiger partial charge is 0.244 e. The Balaban J connectivity index is 2.35. The second-order valence-corrected chi connectivity index (χ2v) is 6.96. The number of anilines is 1. The largest absolute Gasteiger partial charge is 0.399 e. The molecule has 0 atom stereocenters. The Bertz CT molecular complexity index is 765. The molecule has 0 saturated heterocycles. The van der Waals surface area contributed by atoms with E-state index < -0.39 is 15.8 Å². The highest BCUT2D eigenvalue weighted by atomic mass is 35.5. The normalized spacial score (nSPS) is 11.8. The van der Waals surface area contributed by atoms with E-state index in [0.717, 1.165) is 4.31 Å². The molecule has 2 aromatic rings. The van der Waals surface area contributed by atoms with E-state index in [1.54, 1.807) is 12.1 Å². The van der Waals surface area contributed by atoms with Crippen molar-refractivity contribution >= 4 is 27.3 Å². The molecule has 0 aliphatic carbocycles. The lowest BCUT2D eigenvalue weighted by Crippen LogP contribution is -2.27. The number of nitrogens with zero attached hydrogens (tertiary/aromatic N) is 1. The van der Waals surface area contributed by atoms with Gasteiger partial charge in [-0.15, -0.1) is 0 Å². The molecular formula is C14H14ClFN2O2S. The van der Waals surface area contributed by atoms with E-state index in [4.69, 9.17) is 17.3 Å². The lowest BCUT2D eigenvalue weighted by atomic mass is 10.2. The number of rotatable bonds is 4. The molecule has 2 N–H and O–H groups in total. The van der Waals surface area contributed by atoms with Crippen LogP contribution in [0.5, 0.6) is 0 Å². The summed E-state index contributed by atoms with van der Waals surface area (Å²) in [6, 6.07) is 10.2. The molecule has 0 radical (unpaired) electrons. The first kappa shape index (κ1) is 15.8. The Kier molecular flexibility index (Phi) is 4.51. The summed E-state index contributed by atoms with van der Waals surface area (Å²) in [5.41, 5.74) is 6.17. The van der Waals surface area contributed by atoms with E-state index in [1.165, 1.54) is 37.4 Å². The van der Waals surface area contributed by atoms with Crippen LogP contribution < -0.4 is 5.73 Å². The van der Waals surface area contributed by atoms with Gasteiger partial charge >= 0.3 is 0 Å². The third-order valence-electron chi connectivity index (χ3n) is 2.99. The van der Waals surface area contributed by atoms with E-state index in [-0.39, 0.29) is 27.7 Å². The number of halogens is 2. The summed E-state index contributed by atoms with van der Waals surface area (Å²) < 4.78 is 39.6. The first-order valence-corrected chi connectivity index (χ1v) is 7.89. The minimum Gasteiger partial charge on any atom is -0.399 e. The van der Waals surface area contributed by atoms with Gasteiger partial charge in [0.15, 0.2) is 0 Å². The van der Waals surface area contributed by atoms with E-state index in [9.17, 15) is 12.8 Å². The number of benzene rings is 2. The van der Waals surface area contributed by atoms with E-state index in [2.05, 4.69) is 0 Å². The number of nitrogen functional groups attached to an aromatic ring is 1. The molecule has 0 aliphatic heterocycles. The van der Waals surface area contributed by atoms with E-state index in [1.807, 2.05) is 0 Å². The molecule has 0 heterocycles. The molecule has 0 aliphatic rings. The van der Waals surface area contributed by atoms with Crippen LogP contribution in [-0.4, -0.2) is 19.8 Å². The van der Waals surface area contributed by atoms with Crippen LogP contribution in [0.2, 0.25) is 5.02 Å². The molecule has 21 heavy (non-hydrogen) atoms. The predicted octanol–water partition coefficient (Wildman–Crippen LogP) is 2.88. The third kappa shape index (κ3) is 3.34. The fourth-order valence-electron chi connectivity index (χ4n) is 1.84. The highest BCUT2D eigenvalue weighted by Gasteiger charge is 2.24. The van der Waals surface area contributed by atoms with Crippen LogP contribution in [-0.2, 0) is 16.6 Å². The van der Waals surface area contributed by atoms with Crippen LogP contribution >= 0.6 is 11.6 Å². The fourth-order valence-corrected chi connectivity index (χ4v) is 3.49. The Morgan fingerprint density at radius 3 is 2.57 bits per heavy atom. The van der Waals surface area contributed by atoms with Crippen LogP contribution in [0.3, 0.4) is 0 Å². The van der Waals surface area contributed by atoms with Gasteiger partial charge in [0.25, 0.3) is 0 Å². The maximum Gasteiger partial charge on any atom is 0.244 e. The molecule has 0 bridgehead atoms. The van der Waals surface area contributed by atoms with Gasteiger partial charge in [-0.25, -0.2) is 12.8 Å². The molecule has 0 spiro atoms. The monoisotopic (exact) mass is 328 g/mol. The highest BCUT2D eigenvalue weighted by Crippen LogP contribution is 2.27. The summed E-state index contributed by atoms with van der Waals surface area (Å²) in [6.07, 6.45) is 0. The van der Waals surface area contributed by atoms with Crippen molar-refractivity contribution in [2.24, 2.45) is 0 Å². The number of hydrogen-bond donors (Lipinski definition) is 1. The van der Waals surface area contributed by atoms with Crippen molar-refractivity contribution < 1.29 is 12.8 Å². The molecule has 0 saturated carbocycles. The summed E-state index contributed by atoms with van der Waals surface area (Å²) in [5, 5.41) is 0.0737. The average molecular weight is 329 g/mol. The molecule has 0 fully saturated rings. The van der Waals surface area contributed by atoms with E-state index in [0.29, 0.717) is 0 Å². The van der Waals surface area contributed by atoms with Crippen LogP contribution in [0.4, 0.5) is 10.1 Å². The number of hydrogen-bond acceptors (Lipinski definition) is 3. The Morgan fingerprint density at radius 1 is 1.24 bits per heavy atom. The van der Waals surface area contributed by atoms with Crippen molar-refractivity contribution in [1.29, 1.82) is 0 Å². The molecule has 2 aromatic carbocycles. The van der Waals surface area contributed by atoms with E-state index >= 15 is 0 Å². The maximum absolute atomic E-state index is 13.6. The lowest BCUT2D eigenvalue weighted by molar-refractivity contribution is 0.456. The van der Waals surface area contributed by atoms with Crippen LogP contribution in [0.15, 0.2) is 47.4 Å². The summed E-state index contributed by atoms with van der Waals surface area (Å²) in [5.74, 6) is -0.460. The first-order chi connectivity index (χ1) is 9.82. The molecule has 4 nitrogen and oxygen atoms in total. The SMILES string of the molecule is CN(Cc1ccccc1F)S(=O)(=O)c1cc(N)ccc1Cl. The van der Waals surface area contributed by atoms with Gasteiger partial charge in [-0.3, -0.25) is 0 Å². The second-order valence-electron chi connectivity index (χ2n) is 4.54. The minimum atomic E-state index is -3.85. The quantitative estimate of drug-likeness (QED) is 0.878. The van der Waals surface area contributed by atoms with Crippen molar-refractivity contribution in [2.75, 3.05) is 12.8 Å². The van der Waals surface area contributed by atoms with Crippen molar-refractivity contribution in [1.82, 2.24) is 4.31 Å². The third-order valence-corrected chi connectivity index (χ3v) is 5.28. The lowest BCUT2D eigenvalue weighted by Gasteiger charge is -2.18. The molecule has 0 unspecified atom stereocenters. The fraction of sp³-hybridized carbons (Fsp3) is 0.143. The zero-order chi connectivity index (χ0) is 15.6. The number of sulfonamides is 1. The van der Waals surface area contributed by atoms with Crippen LogP contribution in [0.25, 0.3) is 0 Å². The Morgan fingerprint density at radius 2 is 1.90 bits per heavy atom. The van der Waals surface area contributed by atoms with Crippen molar-refractivity contribution in [3.63, 3.8) is 0 Å². The van der Waals surface area contributed by atoms with Crippen LogP contribution in [0, 0.1) is 5.82 Å².